The van der Waals surface area contributed by atoms with Crippen LogP contribution in [0, 0.1) is 6.92 Å². The lowest BCUT2D eigenvalue weighted by atomic mass is 10.2. The summed E-state index contributed by atoms with van der Waals surface area (Å²) in [6.45, 7) is 2.61. The molecule has 2 aromatic rings. The van der Waals surface area contributed by atoms with E-state index in [1.165, 1.54) is 11.8 Å². The summed E-state index contributed by atoms with van der Waals surface area (Å²) in [7, 11) is 0. The Bertz CT molecular complexity index is 550. The smallest absolute Gasteiger partial charge is 0.337 e. The van der Waals surface area contributed by atoms with Gasteiger partial charge in [-0.2, -0.15) is 0 Å². The lowest BCUT2D eigenvalue weighted by Gasteiger charge is -2.06. The number of carbonyl (C=O) groups is 1. The van der Waals surface area contributed by atoms with Crippen molar-refractivity contribution in [3.63, 3.8) is 0 Å². The highest BCUT2D eigenvalue weighted by molar-refractivity contribution is 5.87. The van der Waals surface area contributed by atoms with Crippen LogP contribution in [0.4, 0.5) is 5.69 Å². The van der Waals surface area contributed by atoms with E-state index in [1.54, 1.807) is 12.1 Å². The topological polar surface area (TPSA) is 62.2 Å². The summed E-state index contributed by atoms with van der Waals surface area (Å²) in [6, 6.07) is 11.3. The molecule has 92 valence electrons. The van der Waals surface area contributed by atoms with Crippen molar-refractivity contribution >= 4 is 11.7 Å². The second-order valence-corrected chi connectivity index (χ2v) is 4.07. The molecule has 0 bridgehead atoms. The van der Waals surface area contributed by atoms with Gasteiger partial charge in [0.1, 0.15) is 0 Å². The van der Waals surface area contributed by atoms with Gasteiger partial charge in [-0.05, 0) is 36.8 Å². The first kappa shape index (κ1) is 12.1. The molecule has 0 atom stereocenters. The Labute approximate surface area is 105 Å². The minimum Gasteiger partial charge on any atom is -0.478 e. The van der Waals surface area contributed by atoms with Gasteiger partial charge in [-0.25, -0.2) is 4.79 Å². The van der Waals surface area contributed by atoms with Crippen LogP contribution in [-0.2, 0) is 6.54 Å². The van der Waals surface area contributed by atoms with Crippen LogP contribution in [0.5, 0.6) is 0 Å². The lowest BCUT2D eigenvalue weighted by molar-refractivity contribution is 0.0696. The Morgan fingerprint density at radius 3 is 2.78 bits per heavy atom. The fourth-order valence-corrected chi connectivity index (χ4v) is 1.60. The summed E-state index contributed by atoms with van der Waals surface area (Å²) in [5, 5.41) is 12.0. The van der Waals surface area contributed by atoms with Crippen LogP contribution in [0.15, 0.2) is 42.6 Å². The first-order chi connectivity index (χ1) is 8.65. The molecule has 0 unspecified atom stereocenters. The van der Waals surface area contributed by atoms with Gasteiger partial charge in [-0.1, -0.05) is 12.1 Å². The fourth-order valence-electron chi connectivity index (χ4n) is 1.60. The molecule has 2 rings (SSSR count). The average Bonchev–Trinajstić information content (AvgIpc) is 2.37. The lowest BCUT2D eigenvalue weighted by Crippen LogP contribution is -2.03. The summed E-state index contributed by atoms with van der Waals surface area (Å²) in [5.41, 5.74) is 3.23. The molecule has 0 saturated carbocycles. The van der Waals surface area contributed by atoms with Crippen LogP contribution < -0.4 is 5.32 Å². The average molecular weight is 242 g/mol. The molecule has 1 aromatic carbocycles. The maximum absolute atomic E-state index is 10.7. The molecule has 0 fully saturated rings. The van der Waals surface area contributed by atoms with E-state index in [-0.39, 0.29) is 5.56 Å². The Balaban J connectivity index is 2.00. The van der Waals surface area contributed by atoms with Gasteiger partial charge in [0.05, 0.1) is 17.8 Å². The molecule has 0 spiro atoms. The summed E-state index contributed by atoms with van der Waals surface area (Å²) in [6.07, 6.45) is 1.37. The highest BCUT2D eigenvalue weighted by atomic mass is 16.4. The molecule has 4 heteroatoms. The van der Waals surface area contributed by atoms with Gasteiger partial charge in [-0.3, -0.25) is 4.98 Å². The number of anilines is 1. The van der Waals surface area contributed by atoms with Crippen LogP contribution in [0.25, 0.3) is 0 Å². The molecule has 0 saturated heterocycles. The highest BCUT2D eigenvalue weighted by Gasteiger charge is 2.02. The third kappa shape index (κ3) is 3.07. The number of aryl methyl sites for hydroxylation is 1. The van der Waals surface area contributed by atoms with Crippen LogP contribution in [-0.4, -0.2) is 16.1 Å². The number of nitrogens with zero attached hydrogens (tertiary/aromatic N) is 1. The van der Waals surface area contributed by atoms with E-state index in [1.807, 2.05) is 31.2 Å². The number of hydrogen-bond acceptors (Lipinski definition) is 3. The van der Waals surface area contributed by atoms with Crippen molar-refractivity contribution in [2.75, 3.05) is 5.32 Å². The zero-order valence-corrected chi connectivity index (χ0v) is 10.1. The standard InChI is InChI=1S/C14H14N2O2/c1-10-3-2-4-12(7-10)16-9-13-6-5-11(8-15-13)14(17)18/h2-8,16H,9H2,1H3,(H,17,18). The fraction of sp³-hybridized carbons (Fsp3) is 0.143. The molecule has 4 nitrogen and oxygen atoms in total. The van der Waals surface area contributed by atoms with Gasteiger partial charge < -0.3 is 10.4 Å². The normalized spacial score (nSPS) is 10.1. The van der Waals surface area contributed by atoms with Crippen LogP contribution in [0.1, 0.15) is 21.6 Å². The predicted molar refractivity (Wildman–Crippen MR) is 69.7 cm³/mol. The minimum atomic E-state index is -0.958. The zero-order valence-electron chi connectivity index (χ0n) is 10.1. The molecular weight excluding hydrogens is 228 g/mol. The van der Waals surface area contributed by atoms with Crippen molar-refractivity contribution in [3.8, 4) is 0 Å². The summed E-state index contributed by atoms with van der Waals surface area (Å²) in [4.78, 5) is 14.8. The van der Waals surface area contributed by atoms with E-state index < -0.39 is 5.97 Å². The molecule has 1 heterocycles. The first-order valence-electron chi connectivity index (χ1n) is 5.64. The summed E-state index contributed by atoms with van der Waals surface area (Å²) >= 11 is 0. The number of benzene rings is 1. The quantitative estimate of drug-likeness (QED) is 0.865. The Hall–Kier alpha value is -2.36. The van der Waals surface area contributed by atoms with E-state index in [0.29, 0.717) is 6.54 Å². The monoisotopic (exact) mass is 242 g/mol. The number of aromatic carboxylic acids is 1. The molecule has 0 radical (unpaired) electrons. The van der Waals surface area contributed by atoms with E-state index in [4.69, 9.17) is 5.11 Å². The van der Waals surface area contributed by atoms with Gasteiger partial charge in [-0.15, -0.1) is 0 Å². The van der Waals surface area contributed by atoms with Crippen molar-refractivity contribution in [2.24, 2.45) is 0 Å². The number of carboxylic acids is 1. The third-order valence-corrected chi connectivity index (χ3v) is 2.56. The number of carboxylic acid groups (broad SMARTS) is 1. The van der Waals surface area contributed by atoms with Gasteiger partial charge in [0, 0.05) is 11.9 Å². The molecule has 0 aliphatic rings. The van der Waals surface area contributed by atoms with Crippen molar-refractivity contribution in [1.82, 2.24) is 4.98 Å². The van der Waals surface area contributed by atoms with Crippen LogP contribution in [0.2, 0.25) is 0 Å². The molecule has 0 aliphatic carbocycles. The number of nitrogens with one attached hydrogen (secondary N) is 1. The molecular formula is C14H14N2O2. The number of rotatable bonds is 4. The van der Waals surface area contributed by atoms with Gasteiger partial charge >= 0.3 is 5.97 Å². The van der Waals surface area contributed by atoms with Gasteiger partial charge in [0.25, 0.3) is 0 Å². The molecule has 0 aliphatic heterocycles. The molecule has 2 N–H and O–H groups in total. The number of aromatic nitrogens is 1. The first-order valence-corrected chi connectivity index (χ1v) is 5.64. The second kappa shape index (κ2) is 5.31. The van der Waals surface area contributed by atoms with Crippen LogP contribution in [0.3, 0.4) is 0 Å². The zero-order chi connectivity index (χ0) is 13.0. The Kier molecular flexibility index (Phi) is 3.57. The van der Waals surface area contributed by atoms with E-state index in [9.17, 15) is 4.79 Å². The largest absolute Gasteiger partial charge is 0.478 e. The van der Waals surface area contributed by atoms with Crippen molar-refractivity contribution in [1.29, 1.82) is 0 Å². The maximum Gasteiger partial charge on any atom is 0.337 e. The van der Waals surface area contributed by atoms with E-state index in [2.05, 4.69) is 10.3 Å². The van der Waals surface area contributed by atoms with E-state index >= 15 is 0 Å². The third-order valence-electron chi connectivity index (χ3n) is 2.56. The predicted octanol–water partition coefficient (Wildman–Crippen LogP) is 2.70. The van der Waals surface area contributed by atoms with Crippen molar-refractivity contribution in [2.45, 2.75) is 13.5 Å². The summed E-state index contributed by atoms with van der Waals surface area (Å²) < 4.78 is 0. The molecule has 18 heavy (non-hydrogen) atoms. The molecule has 0 amide bonds. The van der Waals surface area contributed by atoms with Crippen molar-refractivity contribution in [3.05, 3.63) is 59.4 Å². The second-order valence-electron chi connectivity index (χ2n) is 4.07. The van der Waals surface area contributed by atoms with E-state index in [0.717, 1.165) is 11.4 Å². The minimum absolute atomic E-state index is 0.203. The Morgan fingerprint density at radius 2 is 2.17 bits per heavy atom. The summed E-state index contributed by atoms with van der Waals surface area (Å²) in [5.74, 6) is -0.958. The Morgan fingerprint density at radius 1 is 1.33 bits per heavy atom. The van der Waals surface area contributed by atoms with Crippen molar-refractivity contribution < 1.29 is 9.90 Å². The van der Waals surface area contributed by atoms with Crippen LogP contribution >= 0.6 is 0 Å². The maximum atomic E-state index is 10.7. The number of hydrogen-bond donors (Lipinski definition) is 2. The highest BCUT2D eigenvalue weighted by Crippen LogP contribution is 2.10. The van der Waals surface area contributed by atoms with Gasteiger partial charge in [0.15, 0.2) is 0 Å². The molecule has 1 aromatic heterocycles. The number of pyridine rings is 1. The van der Waals surface area contributed by atoms with Gasteiger partial charge in [0.2, 0.25) is 0 Å². The SMILES string of the molecule is Cc1cccc(NCc2ccc(C(=O)O)cn2)c1.